The molecule has 0 aliphatic carbocycles. The Kier molecular flexibility index (Phi) is 5.13. The molecular weight excluding hydrogens is 246 g/mol. The van der Waals surface area contributed by atoms with E-state index in [1.54, 1.807) is 0 Å². The Hall–Kier alpha value is -1.87. The van der Waals surface area contributed by atoms with Crippen molar-refractivity contribution in [3.63, 3.8) is 0 Å². The summed E-state index contributed by atoms with van der Waals surface area (Å²) in [5, 5.41) is 3.25. The first kappa shape index (κ1) is 14.5. The van der Waals surface area contributed by atoms with Gasteiger partial charge >= 0.3 is 0 Å². The molecule has 0 bridgehead atoms. The third-order valence-electron chi connectivity index (χ3n) is 3.40. The first-order valence-electron chi connectivity index (χ1n) is 7.13. The van der Waals surface area contributed by atoms with E-state index in [4.69, 9.17) is 0 Å². The number of anilines is 1. The minimum absolute atomic E-state index is 0.844. The van der Waals surface area contributed by atoms with Crippen LogP contribution in [-0.4, -0.2) is 18.6 Å². The number of hydrogen-bond acceptors (Lipinski definition) is 3. The van der Waals surface area contributed by atoms with E-state index in [1.165, 1.54) is 16.8 Å². The molecule has 2 rings (SSSR count). The first-order valence-corrected chi connectivity index (χ1v) is 7.13. The molecule has 0 amide bonds. The molecule has 1 aromatic carbocycles. The molecule has 1 N–H and O–H groups in total. The lowest BCUT2D eigenvalue weighted by Crippen LogP contribution is -2.24. The van der Waals surface area contributed by atoms with Crippen molar-refractivity contribution < 1.29 is 0 Å². The summed E-state index contributed by atoms with van der Waals surface area (Å²) >= 11 is 0. The summed E-state index contributed by atoms with van der Waals surface area (Å²) < 4.78 is 0. The van der Waals surface area contributed by atoms with Crippen LogP contribution in [-0.2, 0) is 13.1 Å². The second kappa shape index (κ2) is 7.06. The third-order valence-corrected chi connectivity index (χ3v) is 3.40. The van der Waals surface area contributed by atoms with Gasteiger partial charge in [0.2, 0.25) is 0 Å². The summed E-state index contributed by atoms with van der Waals surface area (Å²) in [6.45, 7) is 7.02. The second-order valence-electron chi connectivity index (χ2n) is 5.00. The summed E-state index contributed by atoms with van der Waals surface area (Å²) in [6.07, 6.45) is 1.85. The van der Waals surface area contributed by atoms with Crippen molar-refractivity contribution in [1.29, 1.82) is 0 Å². The van der Waals surface area contributed by atoms with Gasteiger partial charge in [-0.05, 0) is 44.7 Å². The van der Waals surface area contributed by atoms with Crippen molar-refractivity contribution in [3.8, 4) is 0 Å². The molecule has 3 nitrogen and oxygen atoms in total. The van der Waals surface area contributed by atoms with Gasteiger partial charge in [0.1, 0.15) is 0 Å². The number of benzene rings is 1. The van der Waals surface area contributed by atoms with Crippen LogP contribution in [0.4, 0.5) is 5.69 Å². The fourth-order valence-electron chi connectivity index (χ4n) is 2.41. The Bertz CT molecular complexity index is 537. The van der Waals surface area contributed by atoms with Gasteiger partial charge in [-0.2, -0.15) is 0 Å². The van der Waals surface area contributed by atoms with Gasteiger partial charge in [-0.3, -0.25) is 4.98 Å². The van der Waals surface area contributed by atoms with Crippen LogP contribution in [0.15, 0.2) is 42.6 Å². The van der Waals surface area contributed by atoms with E-state index in [0.29, 0.717) is 0 Å². The average Bonchev–Trinajstić information content (AvgIpc) is 2.47. The molecule has 0 fully saturated rings. The number of aryl methyl sites for hydroxylation is 1. The van der Waals surface area contributed by atoms with Crippen LogP contribution < -0.4 is 10.2 Å². The van der Waals surface area contributed by atoms with Crippen LogP contribution in [0.5, 0.6) is 0 Å². The Labute approximate surface area is 121 Å². The van der Waals surface area contributed by atoms with E-state index in [-0.39, 0.29) is 0 Å². The van der Waals surface area contributed by atoms with Gasteiger partial charge in [-0.1, -0.05) is 23.8 Å². The molecule has 3 heteroatoms. The molecular formula is C17H23N3. The SMILES string of the molecule is CCN(Cc1ccccn1)c1ccc(C)cc1CNC. The molecule has 1 aromatic heterocycles. The zero-order valence-electron chi connectivity index (χ0n) is 12.6. The molecule has 0 spiro atoms. The summed E-state index contributed by atoms with van der Waals surface area (Å²) in [5.74, 6) is 0. The highest BCUT2D eigenvalue weighted by molar-refractivity contribution is 5.55. The number of nitrogens with zero attached hydrogens (tertiary/aromatic N) is 2. The lowest BCUT2D eigenvalue weighted by atomic mass is 10.1. The third kappa shape index (κ3) is 3.58. The molecule has 2 aromatic rings. The Morgan fingerprint density at radius 2 is 2.05 bits per heavy atom. The normalized spacial score (nSPS) is 10.6. The molecule has 0 atom stereocenters. The van der Waals surface area contributed by atoms with E-state index < -0.39 is 0 Å². The first-order chi connectivity index (χ1) is 9.74. The fraction of sp³-hybridized carbons (Fsp3) is 0.353. The second-order valence-corrected chi connectivity index (χ2v) is 5.00. The Morgan fingerprint density at radius 1 is 1.20 bits per heavy atom. The number of nitrogens with one attached hydrogen (secondary N) is 1. The predicted molar refractivity (Wildman–Crippen MR) is 84.9 cm³/mol. The van der Waals surface area contributed by atoms with E-state index in [2.05, 4.69) is 53.3 Å². The topological polar surface area (TPSA) is 28.2 Å². The van der Waals surface area contributed by atoms with Gasteiger partial charge in [-0.15, -0.1) is 0 Å². The van der Waals surface area contributed by atoms with Gasteiger partial charge in [-0.25, -0.2) is 0 Å². The number of hydrogen-bond donors (Lipinski definition) is 1. The molecule has 0 unspecified atom stereocenters. The number of aromatic nitrogens is 1. The van der Waals surface area contributed by atoms with Crippen molar-refractivity contribution in [3.05, 3.63) is 59.4 Å². The monoisotopic (exact) mass is 269 g/mol. The van der Waals surface area contributed by atoms with Crippen LogP contribution in [0.25, 0.3) is 0 Å². The largest absolute Gasteiger partial charge is 0.366 e. The highest BCUT2D eigenvalue weighted by Crippen LogP contribution is 2.23. The highest BCUT2D eigenvalue weighted by Gasteiger charge is 2.10. The van der Waals surface area contributed by atoms with E-state index in [1.807, 2.05) is 25.4 Å². The van der Waals surface area contributed by atoms with Crippen molar-refractivity contribution in [2.24, 2.45) is 0 Å². The molecule has 0 radical (unpaired) electrons. The molecule has 106 valence electrons. The number of rotatable bonds is 6. The van der Waals surface area contributed by atoms with Crippen molar-refractivity contribution in [2.75, 3.05) is 18.5 Å². The predicted octanol–water partition coefficient (Wildman–Crippen LogP) is 3.14. The van der Waals surface area contributed by atoms with Crippen LogP contribution >= 0.6 is 0 Å². The van der Waals surface area contributed by atoms with Gasteiger partial charge in [0.25, 0.3) is 0 Å². The molecule has 0 aliphatic rings. The van der Waals surface area contributed by atoms with Crippen molar-refractivity contribution in [2.45, 2.75) is 26.9 Å². The maximum Gasteiger partial charge on any atom is 0.0602 e. The van der Waals surface area contributed by atoms with E-state index >= 15 is 0 Å². The maximum absolute atomic E-state index is 4.43. The van der Waals surface area contributed by atoms with Gasteiger partial charge in [0, 0.05) is 25.0 Å². The zero-order chi connectivity index (χ0) is 14.4. The van der Waals surface area contributed by atoms with E-state index in [0.717, 1.165) is 25.3 Å². The highest BCUT2D eigenvalue weighted by atomic mass is 15.1. The van der Waals surface area contributed by atoms with Crippen molar-refractivity contribution >= 4 is 5.69 Å². The van der Waals surface area contributed by atoms with Gasteiger partial charge in [0.15, 0.2) is 0 Å². The summed E-state index contributed by atoms with van der Waals surface area (Å²) in [6, 6.07) is 12.7. The molecule has 0 saturated carbocycles. The average molecular weight is 269 g/mol. The quantitative estimate of drug-likeness (QED) is 0.873. The Morgan fingerprint density at radius 3 is 2.70 bits per heavy atom. The summed E-state index contributed by atoms with van der Waals surface area (Å²) in [7, 11) is 1.99. The number of pyridine rings is 1. The minimum atomic E-state index is 0.844. The van der Waals surface area contributed by atoms with Crippen LogP contribution in [0.2, 0.25) is 0 Å². The summed E-state index contributed by atoms with van der Waals surface area (Å²) in [4.78, 5) is 6.80. The summed E-state index contributed by atoms with van der Waals surface area (Å²) in [5.41, 5.74) is 5.03. The van der Waals surface area contributed by atoms with E-state index in [9.17, 15) is 0 Å². The zero-order valence-corrected chi connectivity index (χ0v) is 12.6. The van der Waals surface area contributed by atoms with Gasteiger partial charge in [0.05, 0.1) is 12.2 Å². The lowest BCUT2D eigenvalue weighted by molar-refractivity contribution is 0.774. The molecule has 0 aliphatic heterocycles. The standard InChI is InChI=1S/C17H23N3/c1-4-20(13-16-7-5-6-10-19-16)17-9-8-14(2)11-15(17)12-18-3/h5-11,18H,4,12-13H2,1-3H3. The minimum Gasteiger partial charge on any atom is -0.366 e. The smallest absolute Gasteiger partial charge is 0.0602 e. The fourth-order valence-corrected chi connectivity index (χ4v) is 2.41. The molecule has 0 saturated heterocycles. The maximum atomic E-state index is 4.43. The van der Waals surface area contributed by atoms with Crippen LogP contribution in [0, 0.1) is 6.92 Å². The molecule has 20 heavy (non-hydrogen) atoms. The van der Waals surface area contributed by atoms with Crippen LogP contribution in [0.3, 0.4) is 0 Å². The Balaban J connectivity index is 2.27. The molecule has 1 heterocycles. The lowest BCUT2D eigenvalue weighted by Gasteiger charge is -2.26. The van der Waals surface area contributed by atoms with Crippen molar-refractivity contribution in [1.82, 2.24) is 10.3 Å². The van der Waals surface area contributed by atoms with Crippen LogP contribution in [0.1, 0.15) is 23.7 Å². The van der Waals surface area contributed by atoms with Gasteiger partial charge < -0.3 is 10.2 Å².